The molecule has 0 spiro atoms. The first-order valence-corrected chi connectivity index (χ1v) is 10.4. The zero-order valence-electron chi connectivity index (χ0n) is 18.2. The average molecular weight is 484 g/mol. The van der Waals surface area contributed by atoms with Crippen molar-refractivity contribution < 1.29 is 27.6 Å². The second-order valence-corrected chi connectivity index (χ2v) is 7.72. The molecule has 0 unspecified atom stereocenters. The van der Waals surface area contributed by atoms with E-state index in [0.29, 0.717) is 15.7 Å². The summed E-state index contributed by atoms with van der Waals surface area (Å²) in [6, 6.07) is 16.0. The zero-order valence-corrected chi connectivity index (χ0v) is 18.2. The average Bonchev–Trinajstić information content (AvgIpc) is 3.35. The number of benzene rings is 2. The van der Waals surface area contributed by atoms with E-state index in [-0.39, 0.29) is 5.69 Å². The zero-order chi connectivity index (χ0) is 25.2. The molecule has 8 nitrogen and oxygen atoms in total. The number of nitrogens with zero attached hydrogens (tertiary/aromatic N) is 3. The Bertz CT molecular complexity index is 1330. The molecule has 180 valence electrons. The van der Waals surface area contributed by atoms with Gasteiger partial charge in [-0.05, 0) is 11.1 Å². The smallest absolute Gasteiger partial charge is 0.399 e. The quantitative estimate of drug-likeness (QED) is 0.424. The maximum Gasteiger partial charge on any atom is 0.399 e. The molecule has 4 rings (SSSR count). The number of alkyl halides is 3. The molecular weight excluding hydrogens is 465 g/mol. The van der Waals surface area contributed by atoms with Gasteiger partial charge in [0.1, 0.15) is 23.7 Å². The highest BCUT2D eigenvalue weighted by Crippen LogP contribution is 2.47. The molecule has 0 saturated heterocycles. The number of carbonyl (C=O) groups excluding carboxylic acids is 1. The second kappa shape index (κ2) is 9.45. The molecule has 11 heteroatoms. The molecule has 0 radical (unpaired) electrons. The lowest BCUT2D eigenvalue weighted by Crippen LogP contribution is -2.36. The molecule has 4 aromatic rings. The van der Waals surface area contributed by atoms with E-state index in [1.54, 1.807) is 60.7 Å². The van der Waals surface area contributed by atoms with Gasteiger partial charge in [-0.25, -0.2) is 4.98 Å². The van der Waals surface area contributed by atoms with Crippen LogP contribution < -0.4 is 10.9 Å². The summed E-state index contributed by atoms with van der Waals surface area (Å²) >= 11 is 0. The van der Waals surface area contributed by atoms with Crippen molar-refractivity contribution in [2.75, 3.05) is 5.32 Å². The van der Waals surface area contributed by atoms with Gasteiger partial charge in [0.15, 0.2) is 5.69 Å². The van der Waals surface area contributed by atoms with E-state index in [4.69, 9.17) is 0 Å². The summed E-state index contributed by atoms with van der Waals surface area (Å²) in [6.45, 7) is 0. The minimum atomic E-state index is -4.88. The molecular formula is C24H19F3N4O4. The molecule has 35 heavy (non-hydrogen) atoms. The minimum Gasteiger partial charge on any atom is -0.501 e. The van der Waals surface area contributed by atoms with Crippen LogP contribution >= 0.6 is 0 Å². The number of hydrogen-bond donors (Lipinski definition) is 2. The van der Waals surface area contributed by atoms with Crippen molar-refractivity contribution in [3.05, 3.63) is 106 Å². The van der Waals surface area contributed by atoms with Gasteiger partial charge in [0, 0.05) is 13.0 Å². The van der Waals surface area contributed by atoms with E-state index in [1.165, 1.54) is 0 Å². The van der Waals surface area contributed by atoms with Crippen LogP contribution in [0.5, 0.6) is 5.75 Å². The summed E-state index contributed by atoms with van der Waals surface area (Å²) in [5.74, 6) is -6.53. The Balaban J connectivity index is 1.93. The molecule has 2 heterocycles. The number of anilines is 1. The van der Waals surface area contributed by atoms with Crippen molar-refractivity contribution in [3.8, 4) is 5.75 Å². The Morgan fingerprint density at radius 3 is 2.11 bits per heavy atom. The van der Waals surface area contributed by atoms with Crippen LogP contribution in [0, 0.1) is 0 Å². The molecule has 2 aromatic carbocycles. The van der Waals surface area contributed by atoms with Crippen molar-refractivity contribution >= 4 is 11.6 Å². The first-order valence-electron chi connectivity index (χ1n) is 10.4. The second-order valence-electron chi connectivity index (χ2n) is 7.72. The lowest BCUT2D eigenvalue weighted by Gasteiger charge is -2.30. The Hall–Kier alpha value is -4.41. The fourth-order valence-electron chi connectivity index (χ4n) is 3.88. The van der Waals surface area contributed by atoms with Crippen molar-refractivity contribution in [3.63, 3.8) is 0 Å². The number of aromatic hydroxyl groups is 1. The van der Waals surface area contributed by atoms with Crippen LogP contribution in [0.2, 0.25) is 0 Å². The molecule has 0 bridgehead atoms. The van der Waals surface area contributed by atoms with Crippen LogP contribution in [0.4, 0.5) is 18.9 Å². The molecule has 2 N–H and O–H groups in total. The highest BCUT2D eigenvalue weighted by molar-refractivity contribution is 6.04. The molecule has 1 atom stereocenters. The van der Waals surface area contributed by atoms with Gasteiger partial charge in [0.25, 0.3) is 11.5 Å². The Labute approximate surface area is 196 Å². The first-order chi connectivity index (χ1) is 16.7. The fraction of sp³-hybridized carbons (Fsp3) is 0.167. The highest BCUT2D eigenvalue weighted by Gasteiger charge is 2.49. The molecule has 0 aliphatic heterocycles. The summed E-state index contributed by atoms with van der Waals surface area (Å²) < 4.78 is 49.4. The van der Waals surface area contributed by atoms with Gasteiger partial charge in [-0.3, -0.25) is 14.2 Å². The van der Waals surface area contributed by atoms with Gasteiger partial charge in [-0.2, -0.15) is 13.2 Å². The van der Waals surface area contributed by atoms with Gasteiger partial charge >= 0.3 is 6.18 Å². The number of hydrogen-bond acceptors (Lipinski definition) is 6. The van der Waals surface area contributed by atoms with Gasteiger partial charge < -0.3 is 14.9 Å². The van der Waals surface area contributed by atoms with Gasteiger partial charge in [0.05, 0.1) is 6.20 Å². The highest BCUT2D eigenvalue weighted by atomic mass is 19.4. The molecule has 1 amide bonds. The van der Waals surface area contributed by atoms with E-state index in [9.17, 15) is 27.9 Å². The maximum absolute atomic E-state index is 14.7. The third kappa shape index (κ3) is 4.79. The summed E-state index contributed by atoms with van der Waals surface area (Å²) in [6.07, 6.45) is -2.68. The third-order valence-corrected chi connectivity index (χ3v) is 5.49. The van der Waals surface area contributed by atoms with Crippen molar-refractivity contribution in [1.29, 1.82) is 0 Å². The summed E-state index contributed by atoms with van der Waals surface area (Å²) in [7, 11) is 1.07. The van der Waals surface area contributed by atoms with E-state index in [0.717, 1.165) is 19.5 Å². The lowest BCUT2D eigenvalue weighted by molar-refractivity contribution is -0.156. The summed E-state index contributed by atoms with van der Waals surface area (Å²) in [5.41, 5.74) is -1.31. The monoisotopic (exact) mass is 484 g/mol. The SMILES string of the molecule is Cn1c([C@@H](C(c2ccccc2)c2ccccc2)C(F)(F)F)nc(C(=O)Nc2cnoc2)c(O)c1=O. The number of nitrogens with one attached hydrogen (secondary N) is 1. The lowest BCUT2D eigenvalue weighted by atomic mass is 9.79. The van der Waals surface area contributed by atoms with Crippen molar-refractivity contribution in [1.82, 2.24) is 14.7 Å². The molecule has 0 fully saturated rings. The Morgan fingerprint density at radius 1 is 1.06 bits per heavy atom. The number of aromatic nitrogens is 3. The van der Waals surface area contributed by atoms with E-state index in [1.807, 2.05) is 0 Å². The number of amides is 1. The van der Waals surface area contributed by atoms with Crippen LogP contribution in [0.3, 0.4) is 0 Å². The van der Waals surface area contributed by atoms with E-state index < -0.39 is 46.7 Å². The van der Waals surface area contributed by atoms with Crippen LogP contribution in [0.15, 0.2) is 82.4 Å². The predicted molar refractivity (Wildman–Crippen MR) is 119 cm³/mol. The largest absolute Gasteiger partial charge is 0.501 e. The van der Waals surface area contributed by atoms with Crippen LogP contribution in [-0.2, 0) is 7.05 Å². The molecule has 2 aromatic heterocycles. The van der Waals surface area contributed by atoms with Crippen LogP contribution in [-0.4, -0.2) is 31.9 Å². The van der Waals surface area contributed by atoms with Gasteiger partial charge in [0.2, 0.25) is 5.75 Å². The van der Waals surface area contributed by atoms with Crippen LogP contribution in [0.1, 0.15) is 39.3 Å². The van der Waals surface area contributed by atoms with Gasteiger partial charge in [-0.15, -0.1) is 0 Å². The first kappa shape index (κ1) is 23.7. The number of rotatable bonds is 6. The standard InChI is InChI=1S/C24H19F3N4O4/c1-31-21(30-19(20(32)23(31)34)22(33)29-16-12-28-35-13-16)18(24(25,26)27)17(14-8-4-2-5-9-14)15-10-6-3-7-11-15/h2-13,17-18,32H,1H3,(H,29,33)/t18-/m1/s1. The fourth-order valence-corrected chi connectivity index (χ4v) is 3.88. The van der Waals surface area contributed by atoms with E-state index >= 15 is 0 Å². The molecule has 0 aliphatic rings. The summed E-state index contributed by atoms with van der Waals surface area (Å²) in [5, 5.41) is 16.0. The van der Waals surface area contributed by atoms with E-state index in [2.05, 4.69) is 20.0 Å². The topological polar surface area (TPSA) is 110 Å². The van der Waals surface area contributed by atoms with Crippen molar-refractivity contribution in [2.24, 2.45) is 7.05 Å². The van der Waals surface area contributed by atoms with Crippen molar-refractivity contribution in [2.45, 2.75) is 18.0 Å². The maximum atomic E-state index is 14.7. The predicted octanol–water partition coefficient (Wildman–Crippen LogP) is 4.20. The minimum absolute atomic E-state index is 0.0669. The summed E-state index contributed by atoms with van der Waals surface area (Å²) in [4.78, 5) is 29.3. The normalized spacial score (nSPS) is 12.5. The van der Waals surface area contributed by atoms with Gasteiger partial charge in [-0.1, -0.05) is 65.8 Å². The number of halogens is 3. The third-order valence-electron chi connectivity index (χ3n) is 5.49. The Morgan fingerprint density at radius 2 is 1.63 bits per heavy atom. The van der Waals surface area contributed by atoms with Crippen LogP contribution in [0.25, 0.3) is 0 Å². The number of carbonyl (C=O) groups is 1. The Kier molecular flexibility index (Phi) is 6.41. The molecule has 0 aliphatic carbocycles. The molecule has 0 saturated carbocycles.